The number of alkyl halides is 2. The number of hydrogen-bond acceptors (Lipinski definition) is 10. The molecule has 0 aliphatic carbocycles. The van der Waals surface area contributed by atoms with Crippen LogP contribution >= 0.6 is 0 Å². The summed E-state index contributed by atoms with van der Waals surface area (Å²) in [5.41, 5.74) is 9.05. The Bertz CT molecular complexity index is 3780. The van der Waals surface area contributed by atoms with E-state index in [1.807, 2.05) is 51.3 Å². The molecule has 8 rings (SSSR count). The van der Waals surface area contributed by atoms with Gasteiger partial charge in [0.1, 0.15) is 35.6 Å². The Morgan fingerprint density at radius 2 is 0.874 bits per heavy atom. The van der Waals surface area contributed by atoms with E-state index in [1.54, 1.807) is 85.1 Å². The van der Waals surface area contributed by atoms with Gasteiger partial charge in [0.25, 0.3) is 11.1 Å². The molecule has 2 saturated heterocycles. The third-order valence-electron chi connectivity index (χ3n) is 17.9. The second kappa shape index (κ2) is 35.4. The summed E-state index contributed by atoms with van der Waals surface area (Å²) in [7, 11) is 0. The van der Waals surface area contributed by atoms with E-state index < -0.39 is 66.3 Å². The number of aliphatic carboxylic acids is 1. The second-order valence-corrected chi connectivity index (χ2v) is 26.5. The molecule has 6 aromatic rings. The summed E-state index contributed by atoms with van der Waals surface area (Å²) in [6, 6.07) is 13.5. The molecule has 2 fully saturated rings. The Balaban J connectivity index is 0.000000392. The maximum absolute atomic E-state index is 16.0. The monoisotopic (exact) mass is 1320 g/mol. The van der Waals surface area contributed by atoms with Gasteiger partial charge in [0, 0.05) is 88.5 Å². The molecule has 4 aromatic carbocycles. The second-order valence-electron chi connectivity index (χ2n) is 26.5. The predicted molar refractivity (Wildman–Crippen MR) is 354 cm³/mol. The number of Topliss-reactive ketones (excluding diaryl/α,β-unsaturated/α-hetero) is 2. The van der Waals surface area contributed by atoms with Crippen molar-refractivity contribution in [2.45, 2.75) is 178 Å². The minimum atomic E-state index is -1.18. The standard InChI is InChI=1S/C38H47F3N2O4.C36H43F3N2O4.Li.2H2O/c1-8-47-36(46)18-28(32-16-29(12-26(7)38(32)41)37-24(5)13-30(39)14-25(37)6)17-34(44)33(11-22(2)3)43-19-27(23(4)15-35(43)45)9-10-42-20-31(40)21-42;1-20(2)9-31(41-17-25(21(3)13-33(41)43)7-8-40-18-29(38)19-40)32(42)15-26(16-34(44)45)30-14-27(10-24(6)36(30)39)35-22(4)11-28(37)12-23(35)5;;;/h12-16,19,22,28,31,33H,8-11,17-18,20-21H2,1-7H3;10-14,17,20,26,29,31H,7-9,15-16,18-19H2,1-6H3,(H,44,45);;2*1H2/q;;+1;;/p-1/t28-,33?;26-,31?;;;/m00.../s1. The number of carboxylic acid groups (broad SMARTS) is 1. The maximum Gasteiger partial charge on any atom is 1.00 e. The van der Waals surface area contributed by atoms with Gasteiger partial charge in [0.2, 0.25) is 0 Å². The van der Waals surface area contributed by atoms with Crippen LogP contribution in [0.1, 0.15) is 164 Å². The first kappa shape index (κ1) is 80.5. The van der Waals surface area contributed by atoms with Crippen molar-refractivity contribution < 1.29 is 85.2 Å². The number of ketones is 2. The fourth-order valence-corrected chi connectivity index (χ4v) is 13.2. The van der Waals surface area contributed by atoms with Crippen molar-refractivity contribution in [2.75, 3.05) is 45.9 Å². The first-order chi connectivity index (χ1) is 43.3. The van der Waals surface area contributed by atoms with Crippen LogP contribution in [0.5, 0.6) is 0 Å². The van der Waals surface area contributed by atoms with E-state index in [-0.39, 0.29) is 119 Å². The minimum absolute atomic E-state index is 0. The first-order valence-corrected chi connectivity index (χ1v) is 32.1. The van der Waals surface area contributed by atoms with Crippen LogP contribution in [0.2, 0.25) is 0 Å². The van der Waals surface area contributed by atoms with Gasteiger partial charge in [0.15, 0.2) is 11.6 Å². The summed E-state index contributed by atoms with van der Waals surface area (Å²) >= 11 is 0. The van der Waals surface area contributed by atoms with Gasteiger partial charge < -0.3 is 29.9 Å². The van der Waals surface area contributed by atoms with Crippen molar-refractivity contribution in [3.63, 3.8) is 0 Å². The number of carbonyl (C=O) groups is 4. The molecular formula is C74H93F6LiN4O10. The molecule has 21 heteroatoms. The van der Waals surface area contributed by atoms with Gasteiger partial charge in [-0.2, -0.15) is 0 Å². The third-order valence-corrected chi connectivity index (χ3v) is 17.9. The van der Waals surface area contributed by atoms with Gasteiger partial charge in [-0.05, 0) is 237 Å². The number of rotatable bonds is 27. The van der Waals surface area contributed by atoms with Crippen LogP contribution in [-0.4, -0.2) is 117 Å². The van der Waals surface area contributed by atoms with E-state index in [1.165, 1.54) is 45.5 Å². The van der Waals surface area contributed by atoms with Gasteiger partial charge in [-0.25, -0.2) is 26.3 Å². The zero-order chi connectivity index (χ0) is 67.7. The van der Waals surface area contributed by atoms with Crippen molar-refractivity contribution in [3.05, 3.63) is 184 Å². The average molecular weight is 1320 g/mol. The van der Waals surface area contributed by atoms with Gasteiger partial charge >= 0.3 is 30.8 Å². The number of carbonyl (C=O) groups excluding carboxylic acids is 3. The molecule has 4 atom stereocenters. The molecule has 0 bridgehead atoms. The van der Waals surface area contributed by atoms with Crippen LogP contribution in [0.4, 0.5) is 26.3 Å². The van der Waals surface area contributed by atoms with Crippen molar-refractivity contribution in [1.82, 2.24) is 18.9 Å². The van der Waals surface area contributed by atoms with E-state index in [9.17, 15) is 51.4 Å². The average Bonchev–Trinajstić information content (AvgIpc) is 0.807. The van der Waals surface area contributed by atoms with Gasteiger partial charge in [0.05, 0.1) is 31.5 Å². The molecule has 95 heavy (non-hydrogen) atoms. The van der Waals surface area contributed by atoms with Crippen molar-refractivity contribution in [3.8, 4) is 22.3 Å². The molecule has 0 saturated carbocycles. The number of nitrogens with zero attached hydrogens (tertiary/aromatic N) is 4. The van der Waals surface area contributed by atoms with E-state index in [2.05, 4.69) is 0 Å². The molecule has 4 heterocycles. The molecule has 2 aliphatic heterocycles. The Kier molecular flexibility index (Phi) is 30.0. The van der Waals surface area contributed by atoms with E-state index in [0.29, 0.717) is 104 Å². The van der Waals surface area contributed by atoms with Crippen molar-refractivity contribution in [1.29, 1.82) is 0 Å². The zero-order valence-corrected chi connectivity index (χ0v) is 57.5. The fraction of sp³-hybridized carbons (Fsp3) is 0.486. The fourth-order valence-electron chi connectivity index (χ4n) is 13.2. The summed E-state index contributed by atoms with van der Waals surface area (Å²) < 4.78 is 94.8. The summed E-state index contributed by atoms with van der Waals surface area (Å²) in [6.07, 6.45) is 2.53. The topological polar surface area (TPSA) is 210 Å². The van der Waals surface area contributed by atoms with Crippen LogP contribution in [0, 0.1) is 90.5 Å². The number of halogens is 6. The number of pyridine rings is 2. The number of ether oxygens (including phenoxy) is 1. The smallest absolute Gasteiger partial charge is 0.870 e. The molecular weight excluding hydrogens is 1230 g/mol. The summed E-state index contributed by atoms with van der Waals surface area (Å²) in [5, 5.41) is 9.82. The van der Waals surface area contributed by atoms with E-state index in [4.69, 9.17) is 4.74 Å². The van der Waals surface area contributed by atoms with E-state index in [0.717, 1.165) is 33.4 Å². The van der Waals surface area contributed by atoms with Gasteiger partial charge in [-0.1, -0.05) is 27.7 Å². The number of benzene rings is 4. The third kappa shape index (κ3) is 20.8. The normalized spacial score (nSPS) is 14.7. The van der Waals surface area contributed by atoms with Crippen LogP contribution in [0.15, 0.2) is 82.6 Å². The molecule has 0 radical (unpaired) electrons. The summed E-state index contributed by atoms with van der Waals surface area (Å²) in [5.74, 6) is -6.02. The number of hydrogen-bond donors (Lipinski definition) is 1. The molecule has 2 aromatic heterocycles. The molecule has 0 spiro atoms. The molecule has 4 N–H and O–H groups in total. The Labute approximate surface area is 566 Å². The SMILES string of the molecule is CCOC(=O)C[C@H](CC(=O)C(CC(C)C)n1cc(CCN2CC(F)C2)c(C)cc1=O)c1cc(-c2c(C)cc(F)cc2C)cc(C)c1F.Cc1cc(=O)n(C(CC(C)C)C(=O)C[C@@H](CC(=O)O)c2cc(-c3c(C)cc(F)cc3C)cc(C)c2F)cc1CCN1CC(F)C1.O.[Li+].[OH-]. The molecule has 14 nitrogen and oxygen atoms in total. The number of aryl methyl sites for hydroxylation is 8. The predicted octanol–water partition coefficient (Wildman–Crippen LogP) is 10.5. The van der Waals surface area contributed by atoms with E-state index >= 15 is 8.78 Å². The molecule has 0 amide bonds. The first-order valence-electron chi connectivity index (χ1n) is 32.1. The van der Waals surface area contributed by atoms with Crippen molar-refractivity contribution >= 4 is 23.5 Å². The molecule has 2 unspecified atom stereocenters. The largest absolute Gasteiger partial charge is 1.00 e. The Morgan fingerprint density at radius 3 is 1.19 bits per heavy atom. The van der Waals surface area contributed by atoms with Crippen LogP contribution in [-0.2, 0) is 36.8 Å². The summed E-state index contributed by atoms with van der Waals surface area (Å²) in [6.45, 7) is 26.4. The zero-order valence-electron chi connectivity index (χ0n) is 57.5. The molecule has 512 valence electrons. The number of esters is 1. The minimum Gasteiger partial charge on any atom is -0.870 e. The van der Waals surface area contributed by atoms with Crippen LogP contribution in [0.25, 0.3) is 22.3 Å². The quantitative estimate of drug-likeness (QED) is 0.0291. The Morgan fingerprint density at radius 1 is 0.526 bits per heavy atom. The van der Waals surface area contributed by atoms with Crippen LogP contribution < -0.4 is 30.0 Å². The van der Waals surface area contributed by atoms with Gasteiger partial charge in [-0.15, -0.1) is 0 Å². The van der Waals surface area contributed by atoms with Crippen LogP contribution in [0.3, 0.4) is 0 Å². The van der Waals surface area contributed by atoms with Crippen molar-refractivity contribution in [2.24, 2.45) is 11.8 Å². The maximum atomic E-state index is 16.0. The number of carboxylic acids is 1. The summed E-state index contributed by atoms with van der Waals surface area (Å²) in [4.78, 5) is 83.9. The number of aromatic nitrogens is 2. The number of likely N-dealkylation sites (tertiary alicyclic amines) is 2. The molecule has 2 aliphatic rings. The van der Waals surface area contributed by atoms with Gasteiger partial charge in [-0.3, -0.25) is 38.6 Å². The Hall–Kier alpha value is -6.92.